The molecule has 0 radical (unpaired) electrons. The van der Waals surface area contributed by atoms with Gasteiger partial charge in [0.1, 0.15) is 0 Å². The molecule has 124 valence electrons. The van der Waals surface area contributed by atoms with Gasteiger partial charge in [0.2, 0.25) is 5.89 Å². The molecule has 0 N–H and O–H groups in total. The highest BCUT2D eigenvalue weighted by Crippen LogP contribution is 2.38. The molecule has 1 aromatic heterocycles. The van der Waals surface area contributed by atoms with Gasteiger partial charge >= 0.3 is 0 Å². The molecule has 0 saturated heterocycles. The fourth-order valence-electron chi connectivity index (χ4n) is 3.44. The van der Waals surface area contributed by atoms with Gasteiger partial charge in [-0.1, -0.05) is 53.7 Å². The molecule has 1 fully saturated rings. The lowest BCUT2D eigenvalue weighted by molar-refractivity contribution is 0.123. The number of hydrogen-bond donors (Lipinski definition) is 0. The third-order valence-corrected chi connectivity index (χ3v) is 4.88. The quantitative estimate of drug-likeness (QED) is 0.740. The SMILES string of the molecule is C=CC[C@@H]1CC=C[C@@H](c2ccccc2)N1Cc1nc(C2CC2)no1. The molecule has 2 aromatic rings. The lowest BCUT2D eigenvalue weighted by Gasteiger charge is -2.38. The first-order chi connectivity index (χ1) is 11.8. The molecule has 4 nitrogen and oxygen atoms in total. The fourth-order valence-corrected chi connectivity index (χ4v) is 3.44. The van der Waals surface area contributed by atoms with Gasteiger partial charge in [0.25, 0.3) is 0 Å². The molecule has 2 aliphatic rings. The van der Waals surface area contributed by atoms with Crippen molar-refractivity contribution < 1.29 is 4.52 Å². The predicted octanol–water partition coefficient (Wildman–Crippen LogP) is 4.39. The van der Waals surface area contributed by atoms with Crippen LogP contribution < -0.4 is 0 Å². The zero-order valence-electron chi connectivity index (χ0n) is 13.8. The second kappa shape index (κ2) is 6.73. The van der Waals surface area contributed by atoms with Crippen molar-refractivity contribution in [2.75, 3.05) is 0 Å². The van der Waals surface area contributed by atoms with Crippen molar-refractivity contribution in [1.29, 1.82) is 0 Å². The first-order valence-electron chi connectivity index (χ1n) is 8.76. The Balaban J connectivity index is 1.60. The van der Waals surface area contributed by atoms with Crippen LogP contribution in [0.5, 0.6) is 0 Å². The van der Waals surface area contributed by atoms with Crippen LogP contribution in [0.2, 0.25) is 0 Å². The van der Waals surface area contributed by atoms with E-state index in [1.54, 1.807) is 0 Å². The van der Waals surface area contributed by atoms with E-state index in [4.69, 9.17) is 4.52 Å². The van der Waals surface area contributed by atoms with E-state index in [2.05, 4.69) is 64.1 Å². The maximum atomic E-state index is 5.53. The van der Waals surface area contributed by atoms with E-state index in [9.17, 15) is 0 Å². The van der Waals surface area contributed by atoms with Crippen molar-refractivity contribution in [3.63, 3.8) is 0 Å². The molecule has 1 aliphatic carbocycles. The summed E-state index contributed by atoms with van der Waals surface area (Å²) in [6.45, 7) is 4.61. The van der Waals surface area contributed by atoms with Gasteiger partial charge in [-0.15, -0.1) is 6.58 Å². The first-order valence-corrected chi connectivity index (χ1v) is 8.76. The summed E-state index contributed by atoms with van der Waals surface area (Å²) < 4.78 is 5.53. The zero-order valence-corrected chi connectivity index (χ0v) is 13.8. The molecule has 4 rings (SSSR count). The average Bonchev–Trinajstić information content (AvgIpc) is 3.37. The monoisotopic (exact) mass is 321 g/mol. The number of benzene rings is 1. The third-order valence-electron chi connectivity index (χ3n) is 4.88. The van der Waals surface area contributed by atoms with E-state index in [1.165, 1.54) is 18.4 Å². The summed E-state index contributed by atoms with van der Waals surface area (Å²) in [6, 6.07) is 11.3. The largest absolute Gasteiger partial charge is 0.338 e. The molecule has 0 amide bonds. The topological polar surface area (TPSA) is 42.2 Å². The molecule has 2 heterocycles. The summed E-state index contributed by atoms with van der Waals surface area (Å²) in [5.74, 6) is 2.13. The van der Waals surface area contributed by atoms with Gasteiger partial charge in [-0.3, -0.25) is 4.90 Å². The minimum Gasteiger partial charge on any atom is -0.338 e. The van der Waals surface area contributed by atoms with Crippen LogP contribution in [0.15, 0.2) is 59.7 Å². The van der Waals surface area contributed by atoms with E-state index in [0.717, 1.165) is 24.6 Å². The molecular weight excluding hydrogens is 298 g/mol. The number of aromatic nitrogens is 2. The fraction of sp³-hybridized carbons (Fsp3) is 0.400. The van der Waals surface area contributed by atoms with Crippen LogP contribution in [-0.2, 0) is 6.54 Å². The van der Waals surface area contributed by atoms with E-state index in [1.807, 2.05) is 6.08 Å². The molecule has 1 saturated carbocycles. The van der Waals surface area contributed by atoms with E-state index in [-0.39, 0.29) is 6.04 Å². The van der Waals surface area contributed by atoms with Crippen LogP contribution in [0, 0.1) is 0 Å². The van der Waals surface area contributed by atoms with Crippen molar-refractivity contribution in [2.24, 2.45) is 0 Å². The Kier molecular flexibility index (Phi) is 4.30. The first kappa shape index (κ1) is 15.3. The van der Waals surface area contributed by atoms with E-state index >= 15 is 0 Å². The van der Waals surface area contributed by atoms with Crippen molar-refractivity contribution in [3.05, 3.63) is 72.4 Å². The zero-order chi connectivity index (χ0) is 16.4. The molecule has 0 bridgehead atoms. The summed E-state index contributed by atoms with van der Waals surface area (Å²) in [5.41, 5.74) is 1.30. The number of rotatable bonds is 6. The van der Waals surface area contributed by atoms with Gasteiger partial charge in [-0.25, -0.2) is 0 Å². The highest BCUT2D eigenvalue weighted by Gasteiger charge is 2.32. The van der Waals surface area contributed by atoms with Gasteiger partial charge < -0.3 is 4.52 Å². The van der Waals surface area contributed by atoms with Gasteiger partial charge in [-0.05, 0) is 31.2 Å². The van der Waals surface area contributed by atoms with Gasteiger partial charge in [-0.2, -0.15) is 4.98 Å². The number of nitrogens with zero attached hydrogens (tertiary/aromatic N) is 3. The van der Waals surface area contributed by atoms with Gasteiger partial charge in [0.15, 0.2) is 5.82 Å². The van der Waals surface area contributed by atoms with Crippen LogP contribution in [0.4, 0.5) is 0 Å². The lowest BCUT2D eigenvalue weighted by atomic mass is 9.95. The van der Waals surface area contributed by atoms with Crippen LogP contribution in [0.3, 0.4) is 0 Å². The maximum Gasteiger partial charge on any atom is 0.240 e. The van der Waals surface area contributed by atoms with Crippen molar-refractivity contribution in [1.82, 2.24) is 15.0 Å². The Morgan fingerprint density at radius 3 is 2.83 bits per heavy atom. The van der Waals surface area contributed by atoms with Crippen molar-refractivity contribution in [3.8, 4) is 0 Å². The smallest absolute Gasteiger partial charge is 0.240 e. The number of hydrogen-bond acceptors (Lipinski definition) is 4. The molecule has 4 heteroatoms. The van der Waals surface area contributed by atoms with E-state index < -0.39 is 0 Å². The molecule has 0 unspecified atom stereocenters. The molecule has 0 spiro atoms. The third kappa shape index (κ3) is 3.20. The molecule has 2 atom stereocenters. The second-order valence-electron chi connectivity index (χ2n) is 6.69. The Morgan fingerprint density at radius 2 is 2.08 bits per heavy atom. The van der Waals surface area contributed by atoms with Crippen LogP contribution >= 0.6 is 0 Å². The molecule has 1 aromatic carbocycles. The Bertz CT molecular complexity index is 717. The average molecular weight is 321 g/mol. The Morgan fingerprint density at radius 1 is 1.25 bits per heavy atom. The summed E-state index contributed by atoms with van der Waals surface area (Å²) in [7, 11) is 0. The highest BCUT2D eigenvalue weighted by atomic mass is 16.5. The summed E-state index contributed by atoms with van der Waals surface area (Å²) >= 11 is 0. The van der Waals surface area contributed by atoms with Gasteiger partial charge in [0.05, 0.1) is 12.6 Å². The van der Waals surface area contributed by atoms with Crippen molar-refractivity contribution in [2.45, 2.75) is 50.2 Å². The highest BCUT2D eigenvalue weighted by molar-refractivity contribution is 5.25. The molecular formula is C20H23N3O. The second-order valence-corrected chi connectivity index (χ2v) is 6.69. The molecule has 1 aliphatic heterocycles. The standard InChI is InChI=1S/C20H23N3O/c1-2-7-17-10-6-11-18(15-8-4-3-5-9-15)23(17)14-19-21-20(22-24-19)16-12-13-16/h2-6,8-9,11,16-18H,1,7,10,12-14H2/t17-,18+/m1/s1. The molecule has 24 heavy (non-hydrogen) atoms. The maximum absolute atomic E-state index is 5.53. The van der Waals surface area contributed by atoms with Gasteiger partial charge in [0, 0.05) is 12.0 Å². The normalized spacial score (nSPS) is 24.2. The van der Waals surface area contributed by atoms with Crippen LogP contribution in [-0.4, -0.2) is 21.1 Å². The predicted molar refractivity (Wildman–Crippen MR) is 93.4 cm³/mol. The summed E-state index contributed by atoms with van der Waals surface area (Å²) in [6.07, 6.45) is 10.9. The minimum atomic E-state index is 0.237. The minimum absolute atomic E-state index is 0.237. The Hall–Kier alpha value is -2.20. The summed E-state index contributed by atoms with van der Waals surface area (Å²) in [5, 5.41) is 4.16. The van der Waals surface area contributed by atoms with Crippen LogP contribution in [0.25, 0.3) is 0 Å². The summed E-state index contributed by atoms with van der Waals surface area (Å²) in [4.78, 5) is 7.08. The Labute approximate surface area is 142 Å². The van der Waals surface area contributed by atoms with Crippen LogP contribution in [0.1, 0.15) is 54.9 Å². The lowest BCUT2D eigenvalue weighted by Crippen LogP contribution is -2.39. The van der Waals surface area contributed by atoms with Crippen molar-refractivity contribution >= 4 is 0 Å². The van der Waals surface area contributed by atoms with E-state index in [0.29, 0.717) is 18.5 Å².